The Labute approximate surface area is 244 Å². The van der Waals surface area contributed by atoms with E-state index in [1.165, 1.54) is 26.1 Å². The number of aromatic amines is 1. The molecule has 224 valence electrons. The Morgan fingerprint density at radius 2 is 1.72 bits per heavy atom. The van der Waals surface area contributed by atoms with Gasteiger partial charge in [0, 0.05) is 49.4 Å². The lowest BCUT2D eigenvalue weighted by atomic mass is 10.0. The maximum absolute atomic E-state index is 12.9. The van der Waals surface area contributed by atoms with E-state index >= 15 is 0 Å². The molecule has 0 spiro atoms. The summed E-state index contributed by atoms with van der Waals surface area (Å²) in [4.78, 5) is 76.2. The molecule has 0 saturated heterocycles. The Morgan fingerprint density at radius 3 is 2.44 bits per heavy atom. The number of rotatable bonds is 11. The van der Waals surface area contributed by atoms with E-state index in [9.17, 15) is 33.9 Å². The van der Waals surface area contributed by atoms with E-state index in [2.05, 4.69) is 26.3 Å². The molecule has 43 heavy (non-hydrogen) atoms. The number of carbonyl (C=O) groups excluding carboxylic acids is 4. The van der Waals surface area contributed by atoms with Crippen LogP contribution >= 0.6 is 0 Å². The first-order chi connectivity index (χ1) is 20.5. The number of carboxylic acids is 1. The van der Waals surface area contributed by atoms with Gasteiger partial charge in [-0.1, -0.05) is 24.3 Å². The van der Waals surface area contributed by atoms with Crippen molar-refractivity contribution >= 4 is 51.4 Å². The van der Waals surface area contributed by atoms with Gasteiger partial charge in [-0.05, 0) is 29.3 Å². The fourth-order valence-corrected chi connectivity index (χ4v) is 4.67. The minimum absolute atomic E-state index is 0.0159. The van der Waals surface area contributed by atoms with Crippen LogP contribution in [0.3, 0.4) is 0 Å². The lowest BCUT2D eigenvalue weighted by molar-refractivity contribution is -0.135. The van der Waals surface area contributed by atoms with Crippen LogP contribution in [0.25, 0.3) is 21.8 Å². The number of aromatic nitrogens is 2. The number of aliphatic carboxylic acids is 1. The molecule has 2 aromatic carbocycles. The van der Waals surface area contributed by atoms with Crippen molar-refractivity contribution in [2.45, 2.75) is 25.9 Å². The molecule has 0 aliphatic carbocycles. The topological polar surface area (TPSA) is 212 Å². The van der Waals surface area contributed by atoms with E-state index in [1.807, 2.05) is 24.3 Å². The van der Waals surface area contributed by atoms with Gasteiger partial charge < -0.3 is 41.0 Å². The summed E-state index contributed by atoms with van der Waals surface area (Å²) < 4.78 is 1.14. The second-order valence-electron chi connectivity index (χ2n) is 9.83. The number of nitrogens with zero attached hydrogens (tertiary/aromatic N) is 1. The second kappa shape index (κ2) is 12.9. The highest BCUT2D eigenvalue weighted by Crippen LogP contribution is 2.27. The third kappa shape index (κ3) is 6.98. The zero-order valence-electron chi connectivity index (χ0n) is 23.3. The molecule has 4 rings (SSSR count). The Morgan fingerprint density at radius 1 is 0.977 bits per heavy atom. The molecule has 7 N–H and O–H groups in total. The minimum atomic E-state index is -1.32. The predicted octanol–water partition coefficient (Wildman–Crippen LogP) is 0.0196. The van der Waals surface area contributed by atoms with Crippen LogP contribution in [0.4, 0.5) is 0 Å². The number of H-pyrrole nitrogens is 1. The van der Waals surface area contributed by atoms with Gasteiger partial charge in [-0.15, -0.1) is 0 Å². The van der Waals surface area contributed by atoms with Crippen LogP contribution in [-0.2, 0) is 39.2 Å². The average Bonchev–Trinajstić information content (AvgIpc) is 3.38. The van der Waals surface area contributed by atoms with Crippen LogP contribution < -0.4 is 26.8 Å². The summed E-state index contributed by atoms with van der Waals surface area (Å²) in [7, 11) is 1.40. The Kier molecular flexibility index (Phi) is 9.08. The van der Waals surface area contributed by atoms with Gasteiger partial charge in [0.15, 0.2) is 0 Å². The molecule has 0 aliphatic heterocycles. The molecule has 0 saturated carbocycles. The van der Waals surface area contributed by atoms with Crippen molar-refractivity contribution < 1.29 is 34.2 Å². The molecular formula is C29H30N6O8. The summed E-state index contributed by atoms with van der Waals surface area (Å²) in [6, 6.07) is 11.2. The van der Waals surface area contributed by atoms with Gasteiger partial charge in [-0.25, -0.2) is 0 Å². The van der Waals surface area contributed by atoms with E-state index < -0.39 is 59.1 Å². The highest BCUT2D eigenvalue weighted by Gasteiger charge is 2.23. The Balaban J connectivity index is 1.41. The number of aromatic hydroxyl groups is 1. The van der Waals surface area contributed by atoms with Crippen molar-refractivity contribution in [2.75, 3.05) is 13.1 Å². The second-order valence-corrected chi connectivity index (χ2v) is 9.83. The zero-order chi connectivity index (χ0) is 31.3. The van der Waals surface area contributed by atoms with Crippen molar-refractivity contribution in [3.63, 3.8) is 0 Å². The van der Waals surface area contributed by atoms with Crippen LogP contribution in [0.2, 0.25) is 0 Å². The molecule has 0 bridgehead atoms. The molecule has 14 nitrogen and oxygen atoms in total. The highest BCUT2D eigenvalue weighted by molar-refractivity contribution is 6.03. The van der Waals surface area contributed by atoms with Gasteiger partial charge in [0.25, 0.3) is 11.5 Å². The number of benzene rings is 2. The lowest BCUT2D eigenvalue weighted by Crippen LogP contribution is -2.49. The number of pyridine rings is 1. The van der Waals surface area contributed by atoms with Crippen molar-refractivity contribution in [1.29, 1.82) is 0 Å². The first-order valence-corrected chi connectivity index (χ1v) is 13.2. The number of aryl methyl sites for hydroxylation is 1. The van der Waals surface area contributed by atoms with Crippen molar-refractivity contribution in [2.24, 2.45) is 7.05 Å². The summed E-state index contributed by atoms with van der Waals surface area (Å²) in [5.74, 6) is -4.45. The molecule has 0 radical (unpaired) electrons. The Bertz CT molecular complexity index is 1810. The fraction of sp³-hybridized carbons (Fsp3) is 0.241. The normalized spacial score (nSPS) is 11.6. The third-order valence-electron chi connectivity index (χ3n) is 6.77. The number of fused-ring (bicyclic) bond motifs is 2. The maximum Gasteiger partial charge on any atom is 0.322 e. The largest absolute Gasteiger partial charge is 0.506 e. The molecular weight excluding hydrogens is 560 g/mol. The van der Waals surface area contributed by atoms with Crippen LogP contribution in [0, 0.1) is 0 Å². The van der Waals surface area contributed by atoms with Gasteiger partial charge in [-0.2, -0.15) is 0 Å². The molecule has 2 aromatic heterocycles. The number of hydrogen-bond acceptors (Lipinski definition) is 7. The number of para-hydroxylation sites is 1. The fourth-order valence-electron chi connectivity index (χ4n) is 4.67. The van der Waals surface area contributed by atoms with Gasteiger partial charge in [0.2, 0.25) is 17.7 Å². The first kappa shape index (κ1) is 30.3. The van der Waals surface area contributed by atoms with Crippen LogP contribution in [0.5, 0.6) is 5.75 Å². The molecule has 0 fully saturated rings. The van der Waals surface area contributed by atoms with Gasteiger partial charge in [0.05, 0.1) is 12.1 Å². The van der Waals surface area contributed by atoms with E-state index in [4.69, 9.17) is 5.11 Å². The zero-order valence-corrected chi connectivity index (χ0v) is 23.3. The van der Waals surface area contributed by atoms with Crippen molar-refractivity contribution in [1.82, 2.24) is 30.8 Å². The summed E-state index contributed by atoms with van der Waals surface area (Å²) in [6.45, 7) is 0.172. The number of nitrogens with one attached hydrogen (secondary N) is 5. The lowest BCUT2D eigenvalue weighted by Gasteiger charge is -2.17. The number of hydrogen-bond donors (Lipinski definition) is 7. The SMILES string of the molecule is CC(=O)N[C@@H](Cc1c[nH]c2ccccc12)C(=O)NCC(=O)NCc1ccc2c(c1)c(O)c(C(=O)NCC(=O)O)c(=O)n2C. The maximum atomic E-state index is 12.9. The quantitative estimate of drug-likeness (QED) is 0.126. The van der Waals surface area contributed by atoms with Gasteiger partial charge >= 0.3 is 5.97 Å². The smallest absolute Gasteiger partial charge is 0.322 e. The third-order valence-corrected chi connectivity index (χ3v) is 6.77. The number of carbonyl (C=O) groups is 5. The van der Waals surface area contributed by atoms with Crippen molar-refractivity contribution in [3.05, 3.63) is 75.7 Å². The van der Waals surface area contributed by atoms with Crippen molar-refractivity contribution in [3.8, 4) is 5.75 Å². The molecule has 4 amide bonds. The molecule has 1 atom stereocenters. The van der Waals surface area contributed by atoms with E-state index in [0.717, 1.165) is 21.0 Å². The molecule has 14 heteroatoms. The average molecular weight is 591 g/mol. The first-order valence-electron chi connectivity index (χ1n) is 13.2. The Hall–Kier alpha value is -5.66. The monoisotopic (exact) mass is 590 g/mol. The molecule has 2 heterocycles. The van der Waals surface area contributed by atoms with E-state index in [-0.39, 0.29) is 24.9 Å². The molecule has 0 unspecified atom stereocenters. The molecule has 0 aliphatic rings. The van der Waals surface area contributed by atoms with Crippen LogP contribution in [0.1, 0.15) is 28.4 Å². The standard InChI is InChI=1S/C29H30N6O8/c1-15(36)34-21(10-17-12-30-20-6-4-3-5-18(17)20)27(41)32-13-23(37)31-11-16-7-8-22-19(9-16)26(40)25(29(43)35(22)2)28(42)33-14-24(38)39/h3-9,12,21,30,40H,10-11,13-14H2,1-2H3,(H,31,37)(H,32,41)(H,33,42)(H,34,36)(H,38,39)/t21-/m0/s1. The molecule has 4 aromatic rings. The summed E-state index contributed by atoms with van der Waals surface area (Å²) >= 11 is 0. The number of amides is 4. The van der Waals surface area contributed by atoms with Gasteiger partial charge in [-0.3, -0.25) is 28.8 Å². The number of carboxylic acid groups (broad SMARTS) is 1. The summed E-state index contributed by atoms with van der Waals surface area (Å²) in [5.41, 5.74) is 1.11. The highest BCUT2D eigenvalue weighted by atomic mass is 16.4. The minimum Gasteiger partial charge on any atom is -0.506 e. The predicted molar refractivity (Wildman–Crippen MR) is 155 cm³/mol. The van der Waals surface area contributed by atoms with Crippen LogP contribution in [-0.4, -0.2) is 68.5 Å². The van der Waals surface area contributed by atoms with Gasteiger partial charge in [0.1, 0.15) is 23.9 Å². The van der Waals surface area contributed by atoms with E-state index in [0.29, 0.717) is 11.1 Å². The summed E-state index contributed by atoms with van der Waals surface area (Å²) in [5, 5.41) is 30.4. The van der Waals surface area contributed by atoms with Crippen LogP contribution in [0.15, 0.2) is 53.5 Å². The van der Waals surface area contributed by atoms with E-state index in [1.54, 1.807) is 12.3 Å². The summed E-state index contributed by atoms with van der Waals surface area (Å²) in [6.07, 6.45) is 1.97.